The first-order chi connectivity index (χ1) is 15.0. The fourth-order valence-electron chi connectivity index (χ4n) is 4.06. The number of hydrogen-bond acceptors (Lipinski definition) is 3. The second-order valence-electron chi connectivity index (χ2n) is 7.44. The molecule has 152 valence electrons. The molecule has 2 heterocycles. The molecule has 5 rings (SSSR count). The topological polar surface area (TPSA) is 50.3 Å². The third kappa shape index (κ3) is 3.09. The highest BCUT2D eigenvalue weighted by Crippen LogP contribution is 2.37. The summed E-state index contributed by atoms with van der Waals surface area (Å²) in [7, 11) is 0. The van der Waals surface area contributed by atoms with E-state index in [-0.39, 0.29) is 11.8 Å². The number of fused-ring (bicyclic) bond motifs is 2. The van der Waals surface area contributed by atoms with Crippen LogP contribution in [0.25, 0.3) is 22.0 Å². The number of imide groups is 1. The number of halogens is 2. The lowest BCUT2D eigenvalue weighted by Crippen LogP contribution is -2.33. The molecule has 0 aliphatic carbocycles. The molecule has 1 atom stereocenters. The Morgan fingerprint density at radius 3 is 2.23 bits per heavy atom. The van der Waals surface area contributed by atoms with Crippen LogP contribution in [-0.4, -0.2) is 21.7 Å². The molecule has 2 amide bonds. The molecule has 3 aromatic carbocycles. The smallest absolute Gasteiger partial charge is 0.262 e. The molecular formula is C25H16ClFN2O2. The van der Waals surface area contributed by atoms with Crippen LogP contribution >= 0.6 is 11.6 Å². The van der Waals surface area contributed by atoms with Crippen molar-refractivity contribution in [1.82, 2.24) is 9.88 Å². The normalized spacial score (nSPS) is 14.2. The first kappa shape index (κ1) is 19.4. The van der Waals surface area contributed by atoms with Crippen molar-refractivity contribution in [1.29, 1.82) is 0 Å². The summed E-state index contributed by atoms with van der Waals surface area (Å²) in [5.41, 5.74) is 3.07. The third-order valence-electron chi connectivity index (χ3n) is 5.58. The summed E-state index contributed by atoms with van der Waals surface area (Å²) in [6.07, 6.45) is 0. The van der Waals surface area contributed by atoms with E-state index in [1.807, 2.05) is 12.1 Å². The minimum atomic E-state index is -0.672. The van der Waals surface area contributed by atoms with Crippen molar-refractivity contribution in [2.45, 2.75) is 13.0 Å². The Hall–Kier alpha value is -3.57. The molecule has 6 heteroatoms. The molecule has 1 aromatic heterocycles. The van der Waals surface area contributed by atoms with Gasteiger partial charge in [0.1, 0.15) is 5.82 Å². The Kier molecular flexibility index (Phi) is 4.56. The van der Waals surface area contributed by atoms with Gasteiger partial charge in [-0.05, 0) is 55.0 Å². The number of amides is 2. The number of rotatable bonds is 3. The fourth-order valence-corrected chi connectivity index (χ4v) is 4.29. The molecule has 0 fully saturated rings. The van der Waals surface area contributed by atoms with Crippen LogP contribution in [0, 0.1) is 5.82 Å². The quantitative estimate of drug-likeness (QED) is 0.372. The van der Waals surface area contributed by atoms with Gasteiger partial charge in [-0.15, -0.1) is 0 Å². The van der Waals surface area contributed by atoms with E-state index in [1.165, 1.54) is 17.0 Å². The molecule has 4 nitrogen and oxygen atoms in total. The molecule has 0 saturated heterocycles. The van der Waals surface area contributed by atoms with Crippen molar-refractivity contribution in [3.8, 4) is 11.1 Å². The van der Waals surface area contributed by atoms with Gasteiger partial charge in [0.05, 0.1) is 28.4 Å². The summed E-state index contributed by atoms with van der Waals surface area (Å²) in [6, 6.07) is 19.4. The predicted molar refractivity (Wildman–Crippen MR) is 118 cm³/mol. The molecule has 1 aliphatic heterocycles. The van der Waals surface area contributed by atoms with E-state index in [4.69, 9.17) is 16.6 Å². The van der Waals surface area contributed by atoms with E-state index < -0.39 is 11.9 Å². The summed E-state index contributed by atoms with van der Waals surface area (Å²) in [6.45, 7) is 1.75. The molecule has 0 N–H and O–H groups in total. The Morgan fingerprint density at radius 2 is 1.55 bits per heavy atom. The van der Waals surface area contributed by atoms with Crippen LogP contribution in [-0.2, 0) is 0 Å². The number of hydrogen-bond donors (Lipinski definition) is 0. The third-order valence-corrected chi connectivity index (χ3v) is 5.91. The standard InChI is InChI=1S/C25H16ClFN2O2/c1-14(29-24(30)17-8-2-3-9-18(17)25(29)31)23-19(15-6-4-7-16(27)12-15)13-20-21(26)10-5-11-22(20)28-23/h2-14H,1H3. The van der Waals surface area contributed by atoms with Gasteiger partial charge in [-0.1, -0.05) is 41.9 Å². The lowest BCUT2D eigenvalue weighted by atomic mass is 9.97. The Morgan fingerprint density at radius 1 is 0.871 bits per heavy atom. The lowest BCUT2D eigenvalue weighted by molar-refractivity contribution is 0.0593. The van der Waals surface area contributed by atoms with Crippen LogP contribution in [0.1, 0.15) is 39.4 Å². The zero-order chi connectivity index (χ0) is 21.7. The highest BCUT2D eigenvalue weighted by molar-refractivity contribution is 6.35. The van der Waals surface area contributed by atoms with E-state index in [2.05, 4.69) is 0 Å². The molecule has 0 radical (unpaired) electrons. The van der Waals surface area contributed by atoms with Gasteiger partial charge in [-0.2, -0.15) is 0 Å². The van der Waals surface area contributed by atoms with E-state index in [9.17, 15) is 14.0 Å². The maximum absolute atomic E-state index is 14.0. The van der Waals surface area contributed by atoms with Crippen LogP contribution < -0.4 is 0 Å². The average Bonchev–Trinajstić information content (AvgIpc) is 3.03. The minimum absolute atomic E-state index is 0.369. The maximum Gasteiger partial charge on any atom is 0.262 e. The highest BCUT2D eigenvalue weighted by atomic mass is 35.5. The molecule has 1 unspecified atom stereocenters. The van der Waals surface area contributed by atoms with Gasteiger partial charge in [0.2, 0.25) is 0 Å². The summed E-state index contributed by atoms with van der Waals surface area (Å²) in [5, 5.41) is 1.23. The largest absolute Gasteiger partial charge is 0.269 e. The van der Waals surface area contributed by atoms with Crippen LogP contribution in [0.5, 0.6) is 0 Å². The van der Waals surface area contributed by atoms with Crippen LogP contribution in [0.4, 0.5) is 4.39 Å². The number of pyridine rings is 1. The Bertz CT molecular complexity index is 1350. The van der Waals surface area contributed by atoms with E-state index in [0.717, 1.165) is 0 Å². The maximum atomic E-state index is 14.0. The number of nitrogens with zero attached hydrogens (tertiary/aromatic N) is 2. The zero-order valence-corrected chi connectivity index (χ0v) is 17.2. The van der Waals surface area contributed by atoms with Gasteiger partial charge in [0, 0.05) is 16.0 Å². The van der Waals surface area contributed by atoms with Crippen molar-refractivity contribution >= 4 is 34.3 Å². The number of carbonyl (C=O) groups excluding carboxylic acids is 2. The van der Waals surface area contributed by atoms with Crippen LogP contribution in [0.15, 0.2) is 72.8 Å². The van der Waals surface area contributed by atoms with Gasteiger partial charge in [-0.3, -0.25) is 14.5 Å². The number of carbonyl (C=O) groups is 2. The molecule has 1 aliphatic rings. The zero-order valence-electron chi connectivity index (χ0n) is 16.5. The van der Waals surface area contributed by atoms with Crippen molar-refractivity contribution < 1.29 is 14.0 Å². The lowest BCUT2D eigenvalue weighted by Gasteiger charge is -2.25. The minimum Gasteiger partial charge on any atom is -0.269 e. The Labute approximate surface area is 182 Å². The van der Waals surface area contributed by atoms with E-state index in [1.54, 1.807) is 55.5 Å². The van der Waals surface area contributed by atoms with Gasteiger partial charge in [0.15, 0.2) is 0 Å². The molecule has 31 heavy (non-hydrogen) atoms. The van der Waals surface area contributed by atoms with Gasteiger partial charge >= 0.3 is 0 Å². The summed E-state index contributed by atoms with van der Waals surface area (Å²) >= 11 is 6.38. The highest BCUT2D eigenvalue weighted by Gasteiger charge is 2.39. The SMILES string of the molecule is CC(c1nc2cccc(Cl)c2cc1-c1cccc(F)c1)N1C(=O)c2ccccc2C1=O. The Balaban J connectivity index is 1.71. The average molecular weight is 431 g/mol. The molecular weight excluding hydrogens is 415 g/mol. The molecule has 4 aromatic rings. The summed E-state index contributed by atoms with van der Waals surface area (Å²) in [4.78, 5) is 32.1. The van der Waals surface area contributed by atoms with Gasteiger partial charge in [0.25, 0.3) is 11.8 Å². The van der Waals surface area contributed by atoms with Crippen molar-refractivity contribution in [3.05, 3.63) is 100 Å². The molecule has 0 bridgehead atoms. The van der Waals surface area contributed by atoms with E-state index >= 15 is 0 Å². The molecule has 0 saturated carbocycles. The summed E-state index contributed by atoms with van der Waals surface area (Å²) < 4.78 is 14.0. The predicted octanol–water partition coefficient (Wildman–Crippen LogP) is 6.05. The first-order valence-electron chi connectivity index (χ1n) is 9.77. The van der Waals surface area contributed by atoms with E-state index in [0.29, 0.717) is 43.9 Å². The first-order valence-corrected chi connectivity index (χ1v) is 10.2. The van der Waals surface area contributed by atoms with Gasteiger partial charge in [-0.25, -0.2) is 9.37 Å². The van der Waals surface area contributed by atoms with Crippen molar-refractivity contribution in [2.75, 3.05) is 0 Å². The van der Waals surface area contributed by atoms with Crippen molar-refractivity contribution in [3.63, 3.8) is 0 Å². The second kappa shape index (κ2) is 7.29. The van der Waals surface area contributed by atoms with Crippen LogP contribution in [0.2, 0.25) is 5.02 Å². The van der Waals surface area contributed by atoms with Crippen molar-refractivity contribution in [2.24, 2.45) is 0 Å². The number of aromatic nitrogens is 1. The van der Waals surface area contributed by atoms with Crippen LogP contribution in [0.3, 0.4) is 0 Å². The molecule has 0 spiro atoms. The monoisotopic (exact) mass is 430 g/mol. The number of benzene rings is 3. The fraction of sp³-hybridized carbons (Fsp3) is 0.0800. The second-order valence-corrected chi connectivity index (χ2v) is 7.85. The summed E-state index contributed by atoms with van der Waals surface area (Å²) in [5.74, 6) is -1.13. The van der Waals surface area contributed by atoms with Gasteiger partial charge < -0.3 is 0 Å².